The smallest absolute Gasteiger partial charge is 0.356 e. The predicted molar refractivity (Wildman–Crippen MR) is 75.1 cm³/mol. The lowest BCUT2D eigenvalue weighted by atomic mass is 9.95. The fourth-order valence-electron chi connectivity index (χ4n) is 3.18. The third-order valence-electron chi connectivity index (χ3n) is 4.36. The number of amides is 2. The summed E-state index contributed by atoms with van der Waals surface area (Å²) in [6.07, 6.45) is 6.25. The summed E-state index contributed by atoms with van der Waals surface area (Å²) in [5, 5.41) is 18.7. The molecule has 7 heteroatoms. The maximum absolute atomic E-state index is 12.3. The minimum absolute atomic E-state index is 0.0565. The molecule has 0 saturated heterocycles. The summed E-state index contributed by atoms with van der Waals surface area (Å²) in [5.74, 6) is -1.02. The molecule has 2 heterocycles. The van der Waals surface area contributed by atoms with Gasteiger partial charge in [0.05, 0.1) is 12.2 Å². The SMILES string of the molecule is O=C(O)c1n[nH]c2c1CCN(C(=O)NC1CCCCC1)C2. The van der Waals surface area contributed by atoms with Gasteiger partial charge in [-0.15, -0.1) is 0 Å². The number of nitrogens with one attached hydrogen (secondary N) is 2. The van der Waals surface area contributed by atoms with Crippen molar-refractivity contribution >= 4 is 12.0 Å². The average Bonchev–Trinajstić information content (AvgIpc) is 2.91. The number of aromatic carboxylic acids is 1. The van der Waals surface area contributed by atoms with Crippen LogP contribution in [-0.4, -0.2) is 44.8 Å². The first-order chi connectivity index (χ1) is 10.1. The number of rotatable bonds is 2. The van der Waals surface area contributed by atoms with E-state index in [4.69, 9.17) is 5.11 Å². The molecule has 21 heavy (non-hydrogen) atoms. The average molecular weight is 292 g/mol. The Kier molecular flexibility index (Phi) is 3.81. The molecule has 7 nitrogen and oxygen atoms in total. The molecule has 2 aliphatic rings. The van der Waals surface area contributed by atoms with Gasteiger partial charge in [0, 0.05) is 18.2 Å². The Morgan fingerprint density at radius 1 is 1.29 bits per heavy atom. The van der Waals surface area contributed by atoms with E-state index in [2.05, 4.69) is 15.5 Å². The first kappa shape index (κ1) is 13.9. The number of carbonyl (C=O) groups is 2. The maximum atomic E-state index is 12.3. The number of aromatic nitrogens is 2. The number of H-pyrrole nitrogens is 1. The van der Waals surface area contributed by atoms with Gasteiger partial charge >= 0.3 is 12.0 Å². The Morgan fingerprint density at radius 2 is 2.05 bits per heavy atom. The van der Waals surface area contributed by atoms with Gasteiger partial charge in [-0.3, -0.25) is 5.10 Å². The van der Waals surface area contributed by atoms with Gasteiger partial charge in [-0.25, -0.2) is 9.59 Å². The highest BCUT2D eigenvalue weighted by Crippen LogP contribution is 2.21. The molecule has 1 aliphatic carbocycles. The van der Waals surface area contributed by atoms with Crippen LogP contribution in [0.15, 0.2) is 0 Å². The van der Waals surface area contributed by atoms with Crippen molar-refractivity contribution in [1.82, 2.24) is 20.4 Å². The number of carboxylic acids is 1. The van der Waals surface area contributed by atoms with E-state index in [1.165, 1.54) is 19.3 Å². The minimum Gasteiger partial charge on any atom is -0.476 e. The van der Waals surface area contributed by atoms with Gasteiger partial charge in [0.15, 0.2) is 5.69 Å². The number of hydrogen-bond donors (Lipinski definition) is 3. The number of aromatic amines is 1. The Balaban J connectivity index is 1.63. The normalized spacial score (nSPS) is 19.1. The van der Waals surface area contributed by atoms with Crippen LogP contribution in [0, 0.1) is 0 Å². The van der Waals surface area contributed by atoms with Gasteiger partial charge < -0.3 is 15.3 Å². The summed E-state index contributed by atoms with van der Waals surface area (Å²) in [5.41, 5.74) is 1.54. The third kappa shape index (κ3) is 2.86. The second-order valence-electron chi connectivity index (χ2n) is 5.79. The van der Waals surface area contributed by atoms with E-state index in [0.29, 0.717) is 19.5 Å². The van der Waals surface area contributed by atoms with E-state index in [1.807, 2.05) is 0 Å². The molecule has 1 aliphatic heterocycles. The fraction of sp³-hybridized carbons (Fsp3) is 0.643. The Hall–Kier alpha value is -2.05. The van der Waals surface area contributed by atoms with E-state index in [1.54, 1.807) is 4.90 Å². The molecule has 2 amide bonds. The van der Waals surface area contributed by atoms with Crippen molar-refractivity contribution in [2.45, 2.75) is 51.1 Å². The third-order valence-corrected chi connectivity index (χ3v) is 4.36. The first-order valence-corrected chi connectivity index (χ1v) is 7.50. The molecule has 1 aromatic rings. The lowest BCUT2D eigenvalue weighted by Gasteiger charge is -2.30. The predicted octanol–water partition coefficient (Wildman–Crippen LogP) is 1.51. The molecule has 1 aromatic heterocycles. The van der Waals surface area contributed by atoms with Crippen LogP contribution in [0.2, 0.25) is 0 Å². The van der Waals surface area contributed by atoms with Gasteiger partial charge in [-0.05, 0) is 19.3 Å². The van der Waals surface area contributed by atoms with Crippen molar-refractivity contribution in [2.24, 2.45) is 0 Å². The topological polar surface area (TPSA) is 98.3 Å². The van der Waals surface area contributed by atoms with Gasteiger partial charge in [0.25, 0.3) is 0 Å². The molecule has 3 rings (SSSR count). The molecule has 0 radical (unpaired) electrons. The van der Waals surface area contributed by atoms with Gasteiger partial charge in [0.1, 0.15) is 0 Å². The molecule has 0 atom stereocenters. The zero-order valence-corrected chi connectivity index (χ0v) is 11.9. The highest BCUT2D eigenvalue weighted by Gasteiger charge is 2.28. The van der Waals surface area contributed by atoms with E-state index < -0.39 is 5.97 Å². The number of nitrogens with zero attached hydrogens (tertiary/aromatic N) is 2. The number of urea groups is 1. The van der Waals surface area contributed by atoms with Gasteiger partial charge in [-0.2, -0.15) is 5.10 Å². The summed E-state index contributed by atoms with van der Waals surface area (Å²) < 4.78 is 0. The molecular formula is C14H20N4O3. The summed E-state index contributed by atoms with van der Waals surface area (Å²) in [7, 11) is 0. The van der Waals surface area contributed by atoms with Crippen molar-refractivity contribution in [2.75, 3.05) is 6.54 Å². The van der Waals surface area contributed by atoms with E-state index in [9.17, 15) is 9.59 Å². The molecular weight excluding hydrogens is 272 g/mol. The van der Waals surface area contributed by atoms with E-state index in [-0.39, 0.29) is 17.8 Å². The van der Waals surface area contributed by atoms with E-state index >= 15 is 0 Å². The van der Waals surface area contributed by atoms with Crippen LogP contribution in [0.1, 0.15) is 53.8 Å². The minimum atomic E-state index is -1.02. The van der Waals surface area contributed by atoms with Crippen LogP contribution < -0.4 is 5.32 Å². The van der Waals surface area contributed by atoms with Crippen molar-refractivity contribution in [3.8, 4) is 0 Å². The number of carbonyl (C=O) groups excluding carboxylic acids is 1. The molecule has 0 aromatic carbocycles. The molecule has 3 N–H and O–H groups in total. The highest BCUT2D eigenvalue weighted by atomic mass is 16.4. The van der Waals surface area contributed by atoms with Crippen LogP contribution in [0.25, 0.3) is 0 Å². The summed E-state index contributed by atoms with van der Waals surface area (Å²) in [6.45, 7) is 0.930. The monoisotopic (exact) mass is 292 g/mol. The second kappa shape index (κ2) is 5.75. The lowest BCUT2D eigenvalue weighted by Crippen LogP contribution is -2.47. The maximum Gasteiger partial charge on any atom is 0.356 e. The Bertz CT molecular complexity index is 548. The van der Waals surface area contributed by atoms with Crippen molar-refractivity contribution in [1.29, 1.82) is 0 Å². The zero-order chi connectivity index (χ0) is 14.8. The first-order valence-electron chi connectivity index (χ1n) is 7.50. The largest absolute Gasteiger partial charge is 0.476 e. The number of carboxylic acid groups (broad SMARTS) is 1. The lowest BCUT2D eigenvalue weighted by molar-refractivity contribution is 0.0689. The molecule has 0 spiro atoms. The van der Waals surface area contributed by atoms with Crippen LogP contribution in [0.3, 0.4) is 0 Å². The van der Waals surface area contributed by atoms with Crippen LogP contribution in [0.4, 0.5) is 4.79 Å². The molecule has 0 bridgehead atoms. The molecule has 1 saturated carbocycles. The van der Waals surface area contributed by atoms with Crippen molar-refractivity contribution < 1.29 is 14.7 Å². The van der Waals surface area contributed by atoms with Crippen molar-refractivity contribution in [3.63, 3.8) is 0 Å². The summed E-state index contributed by atoms with van der Waals surface area (Å²) >= 11 is 0. The van der Waals surface area contributed by atoms with Crippen LogP contribution in [0.5, 0.6) is 0 Å². The number of hydrogen-bond acceptors (Lipinski definition) is 3. The Labute approximate surface area is 122 Å². The van der Waals surface area contributed by atoms with Crippen molar-refractivity contribution in [3.05, 3.63) is 17.0 Å². The second-order valence-corrected chi connectivity index (χ2v) is 5.79. The van der Waals surface area contributed by atoms with Crippen LogP contribution >= 0.6 is 0 Å². The summed E-state index contributed by atoms with van der Waals surface area (Å²) in [6, 6.07) is 0.225. The molecule has 0 unspecified atom stereocenters. The fourth-order valence-corrected chi connectivity index (χ4v) is 3.18. The van der Waals surface area contributed by atoms with Crippen LogP contribution in [-0.2, 0) is 13.0 Å². The highest BCUT2D eigenvalue weighted by molar-refractivity contribution is 5.87. The zero-order valence-electron chi connectivity index (χ0n) is 11.9. The van der Waals surface area contributed by atoms with Gasteiger partial charge in [-0.1, -0.05) is 19.3 Å². The Morgan fingerprint density at radius 3 is 2.76 bits per heavy atom. The molecule has 1 fully saturated rings. The standard InChI is InChI=1S/C14H20N4O3/c19-13(20)12-10-6-7-18(8-11(10)16-17-12)14(21)15-9-4-2-1-3-5-9/h9H,1-8H2,(H,15,21)(H,16,17)(H,19,20). The quantitative estimate of drug-likeness (QED) is 0.769. The number of fused-ring (bicyclic) bond motifs is 1. The van der Waals surface area contributed by atoms with Gasteiger partial charge in [0.2, 0.25) is 0 Å². The molecule has 114 valence electrons. The van der Waals surface area contributed by atoms with E-state index in [0.717, 1.165) is 24.1 Å². The summed E-state index contributed by atoms with van der Waals surface area (Å²) in [4.78, 5) is 25.0.